The fraction of sp³-hybridized carbons (Fsp3) is 0.500. The van der Waals surface area contributed by atoms with Crippen molar-refractivity contribution < 1.29 is 9.90 Å². The van der Waals surface area contributed by atoms with E-state index in [1.54, 1.807) is 23.1 Å². The zero-order valence-corrected chi connectivity index (χ0v) is 13.2. The van der Waals surface area contributed by atoms with E-state index in [0.29, 0.717) is 29.4 Å². The fourth-order valence-corrected chi connectivity index (χ4v) is 2.06. The minimum Gasteiger partial charge on any atom is -0.390 e. The molecule has 0 heterocycles. The first-order valence-electron chi connectivity index (χ1n) is 6.60. The number of nitrogens with one attached hydrogen (secondary N) is 1. The van der Waals surface area contributed by atoms with Crippen molar-refractivity contribution in [2.75, 3.05) is 30.8 Å². The summed E-state index contributed by atoms with van der Waals surface area (Å²) < 4.78 is 0. The van der Waals surface area contributed by atoms with E-state index in [1.165, 1.54) is 0 Å². The van der Waals surface area contributed by atoms with Gasteiger partial charge in [0.2, 0.25) is 0 Å². The van der Waals surface area contributed by atoms with Crippen LogP contribution in [0.25, 0.3) is 0 Å². The van der Waals surface area contributed by atoms with Gasteiger partial charge in [0.1, 0.15) is 0 Å². The van der Waals surface area contributed by atoms with E-state index in [4.69, 9.17) is 23.2 Å². The lowest BCUT2D eigenvalue weighted by atomic mass is 10.1. The van der Waals surface area contributed by atoms with Crippen LogP contribution in [0, 0.1) is 0 Å². The van der Waals surface area contributed by atoms with Crippen molar-refractivity contribution in [2.45, 2.75) is 20.0 Å². The maximum atomic E-state index is 12.2. The number of anilines is 1. The molecule has 1 aromatic rings. The summed E-state index contributed by atoms with van der Waals surface area (Å²) in [5.74, 6) is 0.107. The van der Waals surface area contributed by atoms with Crippen LogP contribution in [0.15, 0.2) is 18.2 Å². The van der Waals surface area contributed by atoms with E-state index in [2.05, 4.69) is 5.32 Å². The number of alkyl halides is 1. The molecule has 4 nitrogen and oxygen atoms in total. The Balaban J connectivity index is 2.87. The highest BCUT2D eigenvalue weighted by molar-refractivity contribution is 6.33. The normalized spacial score (nSPS) is 12.1. The third-order valence-corrected chi connectivity index (χ3v) is 3.66. The average Bonchev–Trinajstić information content (AvgIpc) is 2.47. The van der Waals surface area contributed by atoms with Gasteiger partial charge < -0.3 is 15.3 Å². The fourth-order valence-electron chi connectivity index (χ4n) is 1.77. The zero-order valence-electron chi connectivity index (χ0n) is 11.7. The summed E-state index contributed by atoms with van der Waals surface area (Å²) in [6, 6.07) is 5.07. The molecule has 1 amide bonds. The van der Waals surface area contributed by atoms with Crippen molar-refractivity contribution >= 4 is 34.8 Å². The lowest BCUT2D eigenvalue weighted by Crippen LogP contribution is -2.30. The first-order valence-corrected chi connectivity index (χ1v) is 7.51. The lowest BCUT2D eigenvalue weighted by Gasteiger charge is -2.19. The summed E-state index contributed by atoms with van der Waals surface area (Å²) in [4.78, 5) is 14.0. The molecule has 0 aliphatic rings. The molecule has 1 aromatic carbocycles. The van der Waals surface area contributed by atoms with Gasteiger partial charge in [0.05, 0.1) is 22.7 Å². The standard InChI is InChI=1S/C14H20Cl2N2O2/c1-3-18(4-2)14(20)10-5-6-12(16)13(7-10)17-9-11(19)8-15/h5-7,11,17,19H,3-4,8-9H2,1-2H3. The molecular formula is C14H20Cl2N2O2. The van der Waals surface area contributed by atoms with Crippen LogP contribution in [0.1, 0.15) is 24.2 Å². The van der Waals surface area contributed by atoms with Crippen LogP contribution >= 0.6 is 23.2 Å². The molecule has 2 N–H and O–H groups in total. The first kappa shape index (κ1) is 17.1. The minimum atomic E-state index is -0.658. The highest BCUT2D eigenvalue weighted by atomic mass is 35.5. The smallest absolute Gasteiger partial charge is 0.253 e. The number of halogens is 2. The van der Waals surface area contributed by atoms with Crippen molar-refractivity contribution in [1.29, 1.82) is 0 Å². The van der Waals surface area contributed by atoms with E-state index < -0.39 is 6.10 Å². The predicted molar refractivity (Wildman–Crippen MR) is 83.9 cm³/mol. The number of nitrogens with zero attached hydrogens (tertiary/aromatic N) is 1. The maximum Gasteiger partial charge on any atom is 0.253 e. The number of aliphatic hydroxyl groups is 1. The van der Waals surface area contributed by atoms with Crippen LogP contribution < -0.4 is 5.32 Å². The van der Waals surface area contributed by atoms with Gasteiger partial charge in [-0.1, -0.05) is 11.6 Å². The summed E-state index contributed by atoms with van der Waals surface area (Å²) in [5, 5.41) is 12.9. The molecule has 0 saturated heterocycles. The number of hydrogen-bond donors (Lipinski definition) is 2. The molecule has 0 radical (unpaired) electrons. The van der Waals surface area contributed by atoms with Gasteiger partial charge in [0.25, 0.3) is 5.91 Å². The van der Waals surface area contributed by atoms with Crippen molar-refractivity contribution in [3.63, 3.8) is 0 Å². The van der Waals surface area contributed by atoms with Crippen molar-refractivity contribution in [2.24, 2.45) is 0 Å². The van der Waals surface area contributed by atoms with E-state index in [0.717, 1.165) is 0 Å². The zero-order chi connectivity index (χ0) is 15.1. The van der Waals surface area contributed by atoms with E-state index in [9.17, 15) is 9.90 Å². The molecule has 0 bridgehead atoms. The maximum absolute atomic E-state index is 12.2. The third-order valence-electron chi connectivity index (χ3n) is 2.97. The van der Waals surface area contributed by atoms with Crippen LogP contribution in [-0.4, -0.2) is 47.5 Å². The van der Waals surface area contributed by atoms with E-state index in [1.807, 2.05) is 13.8 Å². The average molecular weight is 319 g/mol. The topological polar surface area (TPSA) is 52.6 Å². The molecule has 0 aromatic heterocycles. The van der Waals surface area contributed by atoms with Gasteiger partial charge in [-0.2, -0.15) is 0 Å². The molecule has 0 spiro atoms. The molecule has 1 atom stereocenters. The number of benzene rings is 1. The molecular weight excluding hydrogens is 299 g/mol. The second kappa shape index (κ2) is 8.35. The van der Waals surface area contributed by atoms with E-state index in [-0.39, 0.29) is 18.3 Å². The highest BCUT2D eigenvalue weighted by Gasteiger charge is 2.14. The largest absolute Gasteiger partial charge is 0.390 e. The number of rotatable bonds is 7. The van der Waals surface area contributed by atoms with Gasteiger partial charge in [0, 0.05) is 25.2 Å². The Hall–Kier alpha value is -0.970. The summed E-state index contributed by atoms with van der Waals surface area (Å²) in [7, 11) is 0. The van der Waals surface area contributed by atoms with Crippen molar-refractivity contribution in [3.8, 4) is 0 Å². The molecule has 0 fully saturated rings. The van der Waals surface area contributed by atoms with Gasteiger partial charge in [0.15, 0.2) is 0 Å². The van der Waals surface area contributed by atoms with Crippen LogP contribution in [0.4, 0.5) is 5.69 Å². The Morgan fingerprint density at radius 3 is 2.60 bits per heavy atom. The van der Waals surface area contributed by atoms with Gasteiger partial charge in [-0.3, -0.25) is 4.79 Å². The molecule has 0 saturated carbocycles. The minimum absolute atomic E-state index is 0.0346. The first-order chi connectivity index (χ1) is 9.53. The summed E-state index contributed by atoms with van der Waals surface area (Å²) in [6.07, 6.45) is -0.658. The molecule has 0 aliphatic heterocycles. The number of carbonyl (C=O) groups is 1. The Bertz CT molecular complexity index is 451. The van der Waals surface area contributed by atoms with Crippen LogP contribution in [-0.2, 0) is 0 Å². The Morgan fingerprint density at radius 2 is 2.05 bits per heavy atom. The van der Waals surface area contributed by atoms with Gasteiger partial charge in [-0.05, 0) is 32.0 Å². The molecule has 1 unspecified atom stereocenters. The highest BCUT2D eigenvalue weighted by Crippen LogP contribution is 2.23. The predicted octanol–water partition coefficient (Wildman–Crippen LogP) is 2.83. The van der Waals surface area contributed by atoms with E-state index >= 15 is 0 Å². The SMILES string of the molecule is CCN(CC)C(=O)c1ccc(Cl)c(NCC(O)CCl)c1. The number of amides is 1. The molecule has 20 heavy (non-hydrogen) atoms. The third kappa shape index (κ3) is 4.54. The molecule has 6 heteroatoms. The quantitative estimate of drug-likeness (QED) is 0.760. The lowest BCUT2D eigenvalue weighted by molar-refractivity contribution is 0.0773. The van der Waals surface area contributed by atoms with Gasteiger partial charge in [-0.25, -0.2) is 0 Å². The van der Waals surface area contributed by atoms with Crippen LogP contribution in [0.2, 0.25) is 5.02 Å². The Kier molecular flexibility index (Phi) is 7.13. The monoisotopic (exact) mass is 318 g/mol. The van der Waals surface area contributed by atoms with Crippen molar-refractivity contribution in [1.82, 2.24) is 4.90 Å². The molecule has 112 valence electrons. The number of aliphatic hydroxyl groups excluding tert-OH is 1. The van der Waals surface area contributed by atoms with Gasteiger partial charge in [-0.15, -0.1) is 11.6 Å². The Labute approximate surface area is 129 Å². The summed E-state index contributed by atoms with van der Waals surface area (Å²) in [5.41, 5.74) is 1.19. The summed E-state index contributed by atoms with van der Waals surface area (Å²) >= 11 is 11.6. The molecule has 1 rings (SSSR count). The van der Waals surface area contributed by atoms with Crippen molar-refractivity contribution in [3.05, 3.63) is 28.8 Å². The molecule has 0 aliphatic carbocycles. The second-order valence-corrected chi connectivity index (χ2v) is 5.08. The number of carbonyl (C=O) groups excluding carboxylic acids is 1. The van der Waals surface area contributed by atoms with Gasteiger partial charge >= 0.3 is 0 Å². The van der Waals surface area contributed by atoms with Crippen LogP contribution in [0.5, 0.6) is 0 Å². The summed E-state index contributed by atoms with van der Waals surface area (Å²) in [6.45, 7) is 5.48. The van der Waals surface area contributed by atoms with Crippen LogP contribution in [0.3, 0.4) is 0 Å². The Morgan fingerprint density at radius 1 is 1.40 bits per heavy atom. The second-order valence-electron chi connectivity index (χ2n) is 4.36. The number of hydrogen-bond acceptors (Lipinski definition) is 3.